The Morgan fingerprint density at radius 3 is 2.78 bits per heavy atom. The second kappa shape index (κ2) is 6.55. The van der Waals surface area contributed by atoms with Crippen LogP contribution >= 0.6 is 0 Å². The van der Waals surface area contributed by atoms with Gasteiger partial charge in [-0.1, -0.05) is 13.3 Å². The molecule has 3 nitrogen and oxygen atoms in total. The zero-order chi connectivity index (χ0) is 13.0. The molecule has 18 heavy (non-hydrogen) atoms. The van der Waals surface area contributed by atoms with Gasteiger partial charge < -0.3 is 10.2 Å². The van der Waals surface area contributed by atoms with Gasteiger partial charge in [-0.2, -0.15) is 0 Å². The molecule has 0 radical (unpaired) electrons. The molecule has 2 rings (SSSR count). The zero-order valence-electron chi connectivity index (χ0n) is 12.0. The van der Waals surface area contributed by atoms with Gasteiger partial charge in [0.15, 0.2) is 0 Å². The smallest absolute Gasteiger partial charge is 0.227 e. The molecule has 2 heterocycles. The van der Waals surface area contributed by atoms with Gasteiger partial charge in [-0.25, -0.2) is 0 Å². The summed E-state index contributed by atoms with van der Waals surface area (Å²) in [5.74, 6) is 1.47. The van der Waals surface area contributed by atoms with Crippen LogP contribution in [-0.4, -0.2) is 36.5 Å². The molecule has 2 aliphatic heterocycles. The third-order valence-electron chi connectivity index (χ3n) is 4.82. The van der Waals surface area contributed by atoms with Gasteiger partial charge in [0.25, 0.3) is 0 Å². The Bertz CT molecular complexity index is 280. The highest BCUT2D eigenvalue weighted by Gasteiger charge is 2.31. The van der Waals surface area contributed by atoms with E-state index in [0.29, 0.717) is 11.9 Å². The van der Waals surface area contributed by atoms with Gasteiger partial charge in [-0.05, 0) is 51.5 Å². The average Bonchev–Trinajstić information content (AvgIpc) is 2.63. The van der Waals surface area contributed by atoms with Crippen molar-refractivity contribution in [2.45, 2.75) is 58.4 Å². The van der Waals surface area contributed by atoms with Crippen molar-refractivity contribution in [2.24, 2.45) is 11.8 Å². The largest absolute Gasteiger partial charge is 0.342 e. The molecule has 2 saturated heterocycles. The summed E-state index contributed by atoms with van der Waals surface area (Å²) >= 11 is 0. The van der Waals surface area contributed by atoms with Crippen LogP contribution in [0.5, 0.6) is 0 Å². The average molecular weight is 252 g/mol. The number of likely N-dealkylation sites (tertiary alicyclic amines) is 1. The first-order valence-electron chi connectivity index (χ1n) is 7.74. The van der Waals surface area contributed by atoms with Crippen LogP contribution in [-0.2, 0) is 4.79 Å². The molecule has 1 N–H and O–H groups in total. The zero-order valence-corrected chi connectivity index (χ0v) is 12.0. The summed E-state index contributed by atoms with van der Waals surface area (Å²) < 4.78 is 0. The van der Waals surface area contributed by atoms with E-state index in [-0.39, 0.29) is 5.92 Å². The summed E-state index contributed by atoms with van der Waals surface area (Å²) in [5.41, 5.74) is 0. The number of carbonyl (C=O) groups excluding carboxylic acids is 1. The van der Waals surface area contributed by atoms with Gasteiger partial charge in [-0.15, -0.1) is 0 Å². The number of nitrogens with one attached hydrogen (secondary N) is 1. The lowest BCUT2D eigenvalue weighted by Gasteiger charge is -2.33. The maximum Gasteiger partial charge on any atom is 0.227 e. The molecule has 0 aliphatic carbocycles. The van der Waals surface area contributed by atoms with Crippen LogP contribution in [0.2, 0.25) is 0 Å². The molecular weight excluding hydrogens is 224 g/mol. The molecule has 3 unspecified atom stereocenters. The van der Waals surface area contributed by atoms with Crippen molar-refractivity contribution in [3.8, 4) is 0 Å². The fourth-order valence-corrected chi connectivity index (χ4v) is 3.41. The molecule has 0 aromatic carbocycles. The Balaban J connectivity index is 1.91. The first-order chi connectivity index (χ1) is 8.72. The van der Waals surface area contributed by atoms with E-state index < -0.39 is 0 Å². The van der Waals surface area contributed by atoms with Crippen LogP contribution in [0, 0.1) is 11.8 Å². The van der Waals surface area contributed by atoms with Crippen LogP contribution < -0.4 is 5.32 Å². The number of amides is 1. The molecule has 1 amide bonds. The Morgan fingerprint density at radius 2 is 2.06 bits per heavy atom. The number of hydrogen-bond donors (Lipinski definition) is 1. The molecule has 0 bridgehead atoms. The van der Waals surface area contributed by atoms with E-state index >= 15 is 0 Å². The number of rotatable bonds is 2. The number of piperidine rings is 1. The molecular formula is C15H28N2O. The highest BCUT2D eigenvalue weighted by Crippen LogP contribution is 2.24. The van der Waals surface area contributed by atoms with E-state index in [0.717, 1.165) is 38.4 Å². The Kier molecular flexibility index (Phi) is 5.04. The van der Waals surface area contributed by atoms with Crippen LogP contribution in [0.3, 0.4) is 0 Å². The van der Waals surface area contributed by atoms with E-state index in [1.165, 1.54) is 25.7 Å². The number of hydrogen-bond acceptors (Lipinski definition) is 2. The van der Waals surface area contributed by atoms with Crippen molar-refractivity contribution in [2.75, 3.05) is 19.6 Å². The summed E-state index contributed by atoms with van der Waals surface area (Å²) in [7, 11) is 0. The molecule has 3 atom stereocenters. The van der Waals surface area contributed by atoms with Crippen molar-refractivity contribution in [3.05, 3.63) is 0 Å². The van der Waals surface area contributed by atoms with Gasteiger partial charge >= 0.3 is 0 Å². The number of nitrogens with zero attached hydrogens (tertiary/aromatic N) is 1. The Hall–Kier alpha value is -0.570. The van der Waals surface area contributed by atoms with Gasteiger partial charge in [0, 0.05) is 19.1 Å². The molecule has 2 fully saturated rings. The third kappa shape index (κ3) is 3.25. The second-order valence-electron chi connectivity index (χ2n) is 6.02. The van der Waals surface area contributed by atoms with E-state index in [9.17, 15) is 4.79 Å². The van der Waals surface area contributed by atoms with Crippen LogP contribution in [0.15, 0.2) is 0 Å². The fourth-order valence-electron chi connectivity index (χ4n) is 3.41. The second-order valence-corrected chi connectivity index (χ2v) is 6.02. The fraction of sp³-hybridized carbons (Fsp3) is 0.933. The molecule has 2 aliphatic rings. The lowest BCUT2D eigenvalue weighted by atomic mass is 9.90. The molecule has 104 valence electrons. The van der Waals surface area contributed by atoms with E-state index in [1.54, 1.807) is 0 Å². The van der Waals surface area contributed by atoms with Crippen molar-refractivity contribution in [3.63, 3.8) is 0 Å². The first kappa shape index (κ1) is 13.9. The summed E-state index contributed by atoms with van der Waals surface area (Å²) in [6, 6.07) is 0.358. The van der Waals surface area contributed by atoms with Gasteiger partial charge in [0.05, 0.1) is 5.92 Å². The van der Waals surface area contributed by atoms with Crippen LogP contribution in [0.1, 0.15) is 52.4 Å². The van der Waals surface area contributed by atoms with Crippen LogP contribution in [0.4, 0.5) is 0 Å². The predicted octanol–water partition coefficient (Wildman–Crippen LogP) is 2.41. The summed E-state index contributed by atoms with van der Waals surface area (Å²) in [4.78, 5) is 14.7. The molecule has 0 saturated carbocycles. The predicted molar refractivity (Wildman–Crippen MR) is 74.4 cm³/mol. The van der Waals surface area contributed by atoms with Gasteiger partial charge in [-0.3, -0.25) is 4.79 Å². The monoisotopic (exact) mass is 252 g/mol. The molecule has 0 aromatic rings. The van der Waals surface area contributed by atoms with E-state index in [4.69, 9.17) is 0 Å². The summed E-state index contributed by atoms with van der Waals surface area (Å²) in [5, 5.41) is 3.44. The van der Waals surface area contributed by atoms with E-state index in [1.807, 2.05) is 0 Å². The minimum absolute atomic E-state index is 0.219. The highest BCUT2D eigenvalue weighted by atomic mass is 16.2. The third-order valence-corrected chi connectivity index (χ3v) is 4.82. The van der Waals surface area contributed by atoms with E-state index in [2.05, 4.69) is 24.1 Å². The van der Waals surface area contributed by atoms with Gasteiger partial charge in [0.1, 0.15) is 0 Å². The SMILES string of the molecule is CCC1CCCN(C(=O)C2CCCNC2C)CC1. The summed E-state index contributed by atoms with van der Waals surface area (Å²) in [6.45, 7) is 7.48. The normalized spacial score (nSPS) is 34.1. The van der Waals surface area contributed by atoms with Crippen molar-refractivity contribution in [1.29, 1.82) is 0 Å². The maximum absolute atomic E-state index is 12.6. The van der Waals surface area contributed by atoms with Crippen molar-refractivity contribution in [1.82, 2.24) is 10.2 Å². The quantitative estimate of drug-likeness (QED) is 0.818. The highest BCUT2D eigenvalue weighted by molar-refractivity contribution is 5.79. The standard InChI is InChI=1S/C15H28N2O/c1-3-13-6-5-10-17(11-8-13)15(18)14-7-4-9-16-12(14)2/h12-14,16H,3-11H2,1-2H3. The lowest BCUT2D eigenvalue weighted by molar-refractivity contribution is -0.137. The maximum atomic E-state index is 12.6. The number of carbonyl (C=O) groups is 1. The molecule has 0 aromatic heterocycles. The van der Waals surface area contributed by atoms with Gasteiger partial charge in [0.2, 0.25) is 5.91 Å². The minimum Gasteiger partial charge on any atom is -0.342 e. The van der Waals surface area contributed by atoms with Crippen molar-refractivity contribution >= 4 is 5.91 Å². The summed E-state index contributed by atoms with van der Waals surface area (Å²) in [6.07, 6.45) is 7.19. The topological polar surface area (TPSA) is 32.3 Å². The van der Waals surface area contributed by atoms with Crippen LogP contribution in [0.25, 0.3) is 0 Å². The first-order valence-corrected chi connectivity index (χ1v) is 7.74. The Morgan fingerprint density at radius 1 is 1.22 bits per heavy atom. The minimum atomic E-state index is 0.219. The molecule has 0 spiro atoms. The molecule has 3 heteroatoms. The van der Waals surface area contributed by atoms with Crippen molar-refractivity contribution < 1.29 is 4.79 Å². The Labute approximate surface area is 111 Å². The lowest BCUT2D eigenvalue weighted by Crippen LogP contribution is -2.48.